The molecule has 0 aliphatic heterocycles. The topological polar surface area (TPSA) is 85.4 Å². The number of carboxylic acids is 1. The van der Waals surface area contributed by atoms with Gasteiger partial charge in [0.05, 0.1) is 17.4 Å². The van der Waals surface area contributed by atoms with Crippen molar-refractivity contribution >= 4 is 32.7 Å². The summed E-state index contributed by atoms with van der Waals surface area (Å²) in [6.07, 6.45) is 0. The lowest BCUT2D eigenvalue weighted by atomic mass is 10.1. The highest BCUT2D eigenvalue weighted by Crippen LogP contribution is 2.36. The second-order valence-electron chi connectivity index (χ2n) is 3.31. The quantitative estimate of drug-likeness (QED) is 0.834. The molecule has 0 radical (unpaired) electrons. The number of nitrogens with zero attached hydrogens (tertiary/aromatic N) is 1. The predicted octanol–water partition coefficient (Wildman–Crippen LogP) is 1.89. The van der Waals surface area contributed by atoms with Crippen LogP contribution in [0.4, 0.5) is 5.13 Å². The first-order valence-corrected chi connectivity index (χ1v) is 5.33. The van der Waals surface area contributed by atoms with Gasteiger partial charge in [0.25, 0.3) is 0 Å². The highest BCUT2D eigenvalue weighted by Gasteiger charge is 2.18. The van der Waals surface area contributed by atoms with E-state index >= 15 is 0 Å². The number of aromatic nitrogens is 1. The standard InChI is InChI=1S/C10H10N2O3S/c1-4-3-5(9(13)14)8-6(7(4)15-2)12-10(11)16-8/h3H,1-2H3,(H2,11,12)(H,13,14). The molecule has 84 valence electrons. The maximum atomic E-state index is 11.1. The lowest BCUT2D eigenvalue weighted by Gasteiger charge is -2.06. The summed E-state index contributed by atoms with van der Waals surface area (Å²) in [6.45, 7) is 1.78. The molecule has 2 rings (SSSR count). The number of rotatable bonds is 2. The van der Waals surface area contributed by atoms with E-state index in [4.69, 9.17) is 15.6 Å². The first-order chi connectivity index (χ1) is 7.54. The molecule has 1 aromatic carbocycles. The minimum atomic E-state index is -0.987. The van der Waals surface area contributed by atoms with Crippen molar-refractivity contribution < 1.29 is 14.6 Å². The SMILES string of the molecule is COc1c(C)cc(C(=O)O)c2sc(N)nc12. The molecule has 16 heavy (non-hydrogen) atoms. The molecule has 6 heteroatoms. The van der Waals surface area contributed by atoms with Crippen LogP contribution in [-0.2, 0) is 0 Å². The normalized spacial score (nSPS) is 10.6. The maximum Gasteiger partial charge on any atom is 0.337 e. The summed E-state index contributed by atoms with van der Waals surface area (Å²) >= 11 is 1.15. The fraction of sp³-hybridized carbons (Fsp3) is 0.200. The summed E-state index contributed by atoms with van der Waals surface area (Å²) < 4.78 is 5.75. The lowest BCUT2D eigenvalue weighted by Crippen LogP contribution is -1.99. The van der Waals surface area contributed by atoms with Crippen molar-refractivity contribution in [3.8, 4) is 5.75 Å². The molecule has 5 nitrogen and oxygen atoms in total. The van der Waals surface area contributed by atoms with E-state index in [2.05, 4.69) is 4.98 Å². The molecule has 0 bridgehead atoms. The highest BCUT2D eigenvalue weighted by atomic mass is 32.1. The molecule has 0 saturated heterocycles. The summed E-state index contributed by atoms with van der Waals surface area (Å²) in [4.78, 5) is 15.2. The molecule has 0 unspecified atom stereocenters. The number of carbonyl (C=O) groups is 1. The van der Waals surface area contributed by atoms with Crippen LogP contribution in [-0.4, -0.2) is 23.2 Å². The van der Waals surface area contributed by atoms with Gasteiger partial charge in [0.2, 0.25) is 0 Å². The van der Waals surface area contributed by atoms with E-state index in [1.807, 2.05) is 0 Å². The zero-order valence-electron chi connectivity index (χ0n) is 8.77. The molecule has 0 aliphatic carbocycles. The van der Waals surface area contributed by atoms with Crippen LogP contribution in [0.25, 0.3) is 10.2 Å². The average molecular weight is 238 g/mol. The Hall–Kier alpha value is -1.82. The molecule has 1 heterocycles. The Morgan fingerprint density at radius 2 is 2.31 bits per heavy atom. The van der Waals surface area contributed by atoms with Crippen LogP contribution in [0.15, 0.2) is 6.07 Å². The van der Waals surface area contributed by atoms with Gasteiger partial charge in [-0.2, -0.15) is 0 Å². The van der Waals surface area contributed by atoms with Crippen molar-refractivity contribution in [1.82, 2.24) is 4.98 Å². The number of hydrogen-bond acceptors (Lipinski definition) is 5. The third-order valence-electron chi connectivity index (χ3n) is 2.26. The molecule has 0 fully saturated rings. The Kier molecular flexibility index (Phi) is 2.43. The highest BCUT2D eigenvalue weighted by molar-refractivity contribution is 7.22. The maximum absolute atomic E-state index is 11.1. The van der Waals surface area contributed by atoms with Gasteiger partial charge in [-0.05, 0) is 18.6 Å². The van der Waals surface area contributed by atoms with Crippen LogP contribution in [0.3, 0.4) is 0 Å². The Balaban J connectivity index is 2.90. The molecular formula is C10H10N2O3S. The Morgan fingerprint density at radius 1 is 1.62 bits per heavy atom. The average Bonchev–Trinajstić information content (AvgIpc) is 2.57. The molecule has 0 aliphatic rings. The number of nitrogens with two attached hydrogens (primary N) is 1. The number of thiazole rings is 1. The van der Waals surface area contributed by atoms with Gasteiger partial charge in [0.1, 0.15) is 11.3 Å². The van der Waals surface area contributed by atoms with E-state index < -0.39 is 5.97 Å². The number of anilines is 1. The summed E-state index contributed by atoms with van der Waals surface area (Å²) in [7, 11) is 1.53. The minimum absolute atomic E-state index is 0.211. The van der Waals surface area contributed by atoms with E-state index in [0.29, 0.717) is 21.1 Å². The van der Waals surface area contributed by atoms with Crippen molar-refractivity contribution in [2.75, 3.05) is 12.8 Å². The van der Waals surface area contributed by atoms with E-state index in [9.17, 15) is 4.79 Å². The van der Waals surface area contributed by atoms with E-state index in [0.717, 1.165) is 16.9 Å². The van der Waals surface area contributed by atoms with Gasteiger partial charge in [0.15, 0.2) is 5.13 Å². The van der Waals surface area contributed by atoms with Gasteiger partial charge < -0.3 is 15.6 Å². The van der Waals surface area contributed by atoms with Gasteiger partial charge in [-0.3, -0.25) is 0 Å². The van der Waals surface area contributed by atoms with Crippen molar-refractivity contribution in [2.24, 2.45) is 0 Å². The van der Waals surface area contributed by atoms with Crippen LogP contribution in [0.2, 0.25) is 0 Å². The summed E-state index contributed by atoms with van der Waals surface area (Å²) in [6, 6.07) is 1.57. The molecule has 3 N–H and O–H groups in total. The monoisotopic (exact) mass is 238 g/mol. The van der Waals surface area contributed by atoms with Gasteiger partial charge in [-0.1, -0.05) is 11.3 Å². The van der Waals surface area contributed by atoms with E-state index in [-0.39, 0.29) is 5.56 Å². The fourth-order valence-corrected chi connectivity index (χ4v) is 2.46. The Bertz CT molecular complexity index is 577. The predicted molar refractivity (Wildman–Crippen MR) is 62.3 cm³/mol. The fourth-order valence-electron chi connectivity index (χ4n) is 1.62. The van der Waals surface area contributed by atoms with Crippen LogP contribution in [0.5, 0.6) is 5.75 Å². The second-order valence-corrected chi connectivity index (χ2v) is 4.34. The smallest absolute Gasteiger partial charge is 0.337 e. The number of ether oxygens (including phenoxy) is 1. The number of hydrogen-bond donors (Lipinski definition) is 2. The first kappa shape index (κ1) is 10.7. The Labute approximate surface area is 95.5 Å². The number of fused-ring (bicyclic) bond motifs is 1. The third-order valence-corrected chi connectivity index (χ3v) is 3.17. The molecular weight excluding hydrogens is 228 g/mol. The largest absolute Gasteiger partial charge is 0.494 e. The van der Waals surface area contributed by atoms with Crippen LogP contribution in [0, 0.1) is 6.92 Å². The Morgan fingerprint density at radius 3 is 2.88 bits per heavy atom. The number of nitrogen functional groups attached to an aromatic ring is 1. The molecule has 0 saturated carbocycles. The van der Waals surface area contributed by atoms with Crippen LogP contribution >= 0.6 is 11.3 Å². The second kappa shape index (κ2) is 3.64. The van der Waals surface area contributed by atoms with Crippen LogP contribution < -0.4 is 10.5 Å². The number of benzene rings is 1. The summed E-state index contributed by atoms with van der Waals surface area (Å²) in [5.41, 5.74) is 7.05. The van der Waals surface area contributed by atoms with Gasteiger partial charge in [-0.15, -0.1) is 0 Å². The van der Waals surface area contributed by atoms with Crippen molar-refractivity contribution in [1.29, 1.82) is 0 Å². The van der Waals surface area contributed by atoms with Crippen LogP contribution in [0.1, 0.15) is 15.9 Å². The van der Waals surface area contributed by atoms with Crippen molar-refractivity contribution in [3.05, 3.63) is 17.2 Å². The molecule has 0 amide bonds. The molecule has 0 atom stereocenters. The van der Waals surface area contributed by atoms with Gasteiger partial charge >= 0.3 is 5.97 Å². The number of aromatic carboxylic acids is 1. The first-order valence-electron chi connectivity index (χ1n) is 4.51. The zero-order valence-corrected chi connectivity index (χ0v) is 9.59. The zero-order chi connectivity index (χ0) is 11.9. The summed E-state index contributed by atoms with van der Waals surface area (Å²) in [5, 5.41) is 9.41. The molecule has 1 aromatic heterocycles. The van der Waals surface area contributed by atoms with E-state index in [1.54, 1.807) is 13.0 Å². The van der Waals surface area contributed by atoms with Gasteiger partial charge in [0, 0.05) is 0 Å². The van der Waals surface area contributed by atoms with Gasteiger partial charge in [-0.25, -0.2) is 9.78 Å². The number of aryl methyl sites for hydroxylation is 1. The third kappa shape index (κ3) is 1.47. The van der Waals surface area contributed by atoms with E-state index in [1.165, 1.54) is 7.11 Å². The van der Waals surface area contributed by atoms with Crippen molar-refractivity contribution in [2.45, 2.75) is 6.92 Å². The minimum Gasteiger partial charge on any atom is -0.494 e. The number of carboxylic acid groups (broad SMARTS) is 1. The molecule has 2 aromatic rings. The lowest BCUT2D eigenvalue weighted by molar-refractivity contribution is 0.0699. The van der Waals surface area contributed by atoms with Crippen molar-refractivity contribution in [3.63, 3.8) is 0 Å². The molecule has 0 spiro atoms. The number of methoxy groups -OCH3 is 1. The summed E-state index contributed by atoms with van der Waals surface area (Å²) in [5.74, 6) is -0.410.